The fourth-order valence-electron chi connectivity index (χ4n) is 5.32. The monoisotopic (exact) mass is 544 g/mol. The van der Waals surface area contributed by atoms with Crippen LogP contribution in [0.3, 0.4) is 0 Å². The number of nitrogens with zero attached hydrogens (tertiary/aromatic N) is 3. The summed E-state index contributed by atoms with van der Waals surface area (Å²) in [5.74, 6) is 0.145. The standard InChI is InChI=1S/C30H32N4O6/c1-5-40-30(37)27-26(18(2)34-13-9-19-16-24(38-3)25(39-4)17-21(19)28(27)34)20-7-8-23(35)22(15-20)29(36)31-11-14-33-12-6-10-32-33/h6-8,10,12,15-17,35H,5,9,11,13-14H2,1-4H3,(H,31,36). The van der Waals surface area contributed by atoms with Crippen molar-refractivity contribution in [3.05, 3.63) is 71.2 Å². The van der Waals surface area contributed by atoms with E-state index in [-0.39, 0.29) is 17.9 Å². The summed E-state index contributed by atoms with van der Waals surface area (Å²) in [6.45, 7) is 5.39. The number of aromatic nitrogens is 3. The van der Waals surface area contributed by atoms with Crippen LogP contribution >= 0.6 is 0 Å². The fourth-order valence-corrected chi connectivity index (χ4v) is 5.32. The molecule has 40 heavy (non-hydrogen) atoms. The minimum atomic E-state index is -0.463. The summed E-state index contributed by atoms with van der Waals surface area (Å²) < 4.78 is 20.4. The quantitative estimate of drug-likeness (QED) is 0.303. The number of carbonyl (C=O) groups is 2. The zero-order valence-electron chi connectivity index (χ0n) is 23.0. The van der Waals surface area contributed by atoms with Gasteiger partial charge in [0.1, 0.15) is 5.75 Å². The molecular formula is C30H32N4O6. The number of hydrogen-bond donors (Lipinski definition) is 2. The topological polar surface area (TPSA) is 117 Å². The lowest BCUT2D eigenvalue weighted by Crippen LogP contribution is -2.27. The van der Waals surface area contributed by atoms with Crippen molar-refractivity contribution in [3.63, 3.8) is 0 Å². The van der Waals surface area contributed by atoms with Gasteiger partial charge in [0.05, 0.1) is 44.2 Å². The number of rotatable bonds is 9. The van der Waals surface area contributed by atoms with Gasteiger partial charge in [-0.2, -0.15) is 5.10 Å². The van der Waals surface area contributed by atoms with E-state index in [0.29, 0.717) is 47.8 Å². The van der Waals surface area contributed by atoms with E-state index in [1.165, 1.54) is 6.07 Å². The average molecular weight is 545 g/mol. The first kappa shape index (κ1) is 26.9. The summed E-state index contributed by atoms with van der Waals surface area (Å²) in [6.07, 6.45) is 4.21. The van der Waals surface area contributed by atoms with Crippen LogP contribution in [-0.4, -0.2) is 58.7 Å². The van der Waals surface area contributed by atoms with Crippen LogP contribution < -0.4 is 14.8 Å². The third-order valence-electron chi connectivity index (χ3n) is 7.19. The average Bonchev–Trinajstić information content (AvgIpc) is 3.58. The molecule has 4 aromatic rings. The molecule has 2 N–H and O–H groups in total. The lowest BCUT2D eigenvalue weighted by Gasteiger charge is -2.23. The summed E-state index contributed by atoms with van der Waals surface area (Å²) in [5.41, 5.74) is 5.27. The number of carbonyl (C=O) groups excluding carboxylic acids is 2. The predicted octanol–water partition coefficient (Wildman–Crippen LogP) is 4.21. The molecule has 1 amide bonds. The molecule has 0 fully saturated rings. The highest BCUT2D eigenvalue weighted by Gasteiger charge is 2.32. The molecule has 0 spiro atoms. The maximum Gasteiger partial charge on any atom is 0.340 e. The number of fused-ring (bicyclic) bond motifs is 3. The smallest absolute Gasteiger partial charge is 0.340 e. The number of aryl methyl sites for hydroxylation is 1. The molecule has 0 bridgehead atoms. The molecule has 0 saturated heterocycles. The van der Waals surface area contributed by atoms with Gasteiger partial charge in [-0.1, -0.05) is 6.07 Å². The van der Waals surface area contributed by atoms with E-state index in [0.717, 1.165) is 28.9 Å². The second kappa shape index (κ2) is 11.2. The zero-order valence-corrected chi connectivity index (χ0v) is 23.0. The van der Waals surface area contributed by atoms with Crippen molar-refractivity contribution in [2.45, 2.75) is 33.4 Å². The van der Waals surface area contributed by atoms with E-state index in [2.05, 4.69) is 15.0 Å². The number of ether oxygens (including phenoxy) is 3. The van der Waals surface area contributed by atoms with Crippen LogP contribution in [0.25, 0.3) is 22.4 Å². The van der Waals surface area contributed by atoms with Crippen molar-refractivity contribution >= 4 is 11.9 Å². The normalized spacial score (nSPS) is 11.9. The van der Waals surface area contributed by atoms with Gasteiger partial charge in [-0.15, -0.1) is 0 Å². The first-order valence-corrected chi connectivity index (χ1v) is 13.1. The van der Waals surface area contributed by atoms with Gasteiger partial charge in [-0.3, -0.25) is 9.48 Å². The van der Waals surface area contributed by atoms with Crippen LogP contribution in [0.1, 0.15) is 38.9 Å². The van der Waals surface area contributed by atoms with Gasteiger partial charge < -0.3 is 29.2 Å². The van der Waals surface area contributed by atoms with E-state index in [4.69, 9.17) is 14.2 Å². The Morgan fingerprint density at radius 2 is 1.90 bits per heavy atom. The molecule has 2 aromatic carbocycles. The Morgan fingerprint density at radius 3 is 2.60 bits per heavy atom. The number of phenols is 1. The molecule has 2 aromatic heterocycles. The number of amides is 1. The van der Waals surface area contributed by atoms with Gasteiger partial charge >= 0.3 is 5.97 Å². The van der Waals surface area contributed by atoms with Crippen molar-refractivity contribution in [2.75, 3.05) is 27.4 Å². The molecule has 10 nitrogen and oxygen atoms in total. The number of aromatic hydroxyl groups is 1. The van der Waals surface area contributed by atoms with Gasteiger partial charge in [0.2, 0.25) is 0 Å². The molecule has 0 unspecified atom stereocenters. The molecule has 1 aliphatic rings. The van der Waals surface area contributed by atoms with Crippen LogP contribution in [0.2, 0.25) is 0 Å². The second-order valence-corrected chi connectivity index (χ2v) is 9.43. The van der Waals surface area contributed by atoms with E-state index >= 15 is 0 Å². The fraction of sp³-hybridized carbons (Fsp3) is 0.300. The molecule has 5 rings (SSSR count). The highest BCUT2D eigenvalue weighted by Crippen LogP contribution is 2.45. The Bertz CT molecular complexity index is 1570. The van der Waals surface area contributed by atoms with Gasteiger partial charge in [0, 0.05) is 42.3 Å². The van der Waals surface area contributed by atoms with Crippen LogP contribution in [0.5, 0.6) is 17.2 Å². The number of nitrogens with one attached hydrogen (secondary N) is 1. The molecule has 0 aliphatic carbocycles. The highest BCUT2D eigenvalue weighted by atomic mass is 16.5. The van der Waals surface area contributed by atoms with Gasteiger partial charge in [0.25, 0.3) is 5.91 Å². The predicted molar refractivity (Wildman–Crippen MR) is 149 cm³/mol. The van der Waals surface area contributed by atoms with Crippen molar-refractivity contribution in [3.8, 4) is 39.6 Å². The Morgan fingerprint density at radius 1 is 1.12 bits per heavy atom. The molecule has 1 aliphatic heterocycles. The summed E-state index contributed by atoms with van der Waals surface area (Å²) in [5, 5.41) is 17.5. The van der Waals surface area contributed by atoms with Crippen molar-refractivity contribution in [1.82, 2.24) is 19.7 Å². The Balaban J connectivity index is 1.60. The Hall–Kier alpha value is -4.73. The molecule has 0 saturated carbocycles. The van der Waals surface area contributed by atoms with E-state index in [9.17, 15) is 14.7 Å². The van der Waals surface area contributed by atoms with Gasteiger partial charge in [0.15, 0.2) is 11.5 Å². The van der Waals surface area contributed by atoms with Crippen molar-refractivity contribution in [2.24, 2.45) is 0 Å². The number of hydrogen-bond acceptors (Lipinski definition) is 7. The van der Waals surface area contributed by atoms with E-state index < -0.39 is 11.9 Å². The van der Waals surface area contributed by atoms with Crippen LogP contribution in [0.15, 0.2) is 48.8 Å². The second-order valence-electron chi connectivity index (χ2n) is 9.43. The van der Waals surface area contributed by atoms with Crippen molar-refractivity contribution < 1.29 is 28.9 Å². The lowest BCUT2D eigenvalue weighted by atomic mass is 9.92. The van der Waals surface area contributed by atoms with Gasteiger partial charge in [-0.25, -0.2) is 4.79 Å². The zero-order chi connectivity index (χ0) is 28.4. The number of esters is 1. The largest absolute Gasteiger partial charge is 0.507 e. The van der Waals surface area contributed by atoms with E-state index in [1.807, 2.05) is 31.3 Å². The molecule has 10 heteroatoms. The lowest BCUT2D eigenvalue weighted by molar-refractivity contribution is 0.0528. The van der Waals surface area contributed by atoms with Crippen LogP contribution in [0.4, 0.5) is 0 Å². The highest BCUT2D eigenvalue weighted by molar-refractivity contribution is 6.06. The van der Waals surface area contributed by atoms with Crippen molar-refractivity contribution in [1.29, 1.82) is 0 Å². The number of benzene rings is 2. The Kier molecular flexibility index (Phi) is 7.50. The first-order chi connectivity index (χ1) is 19.4. The third kappa shape index (κ3) is 4.76. The molecule has 0 atom stereocenters. The maximum atomic E-state index is 13.5. The van der Waals surface area contributed by atoms with Crippen LogP contribution in [0, 0.1) is 6.92 Å². The summed E-state index contributed by atoms with van der Waals surface area (Å²) in [6, 6.07) is 10.4. The van der Waals surface area contributed by atoms with Crippen LogP contribution in [-0.2, 0) is 24.2 Å². The minimum absolute atomic E-state index is 0.114. The van der Waals surface area contributed by atoms with E-state index in [1.54, 1.807) is 44.2 Å². The summed E-state index contributed by atoms with van der Waals surface area (Å²) >= 11 is 0. The third-order valence-corrected chi connectivity index (χ3v) is 7.19. The summed E-state index contributed by atoms with van der Waals surface area (Å²) in [7, 11) is 3.17. The number of phenolic OH excluding ortho intramolecular Hbond substituents is 1. The molecule has 208 valence electrons. The summed E-state index contributed by atoms with van der Waals surface area (Å²) in [4.78, 5) is 26.6. The van der Waals surface area contributed by atoms with Gasteiger partial charge in [-0.05, 0) is 61.7 Å². The SMILES string of the molecule is CCOC(=O)c1c(-c2ccc(O)c(C(=O)NCCn3cccn3)c2)c(C)n2c1-c1cc(OC)c(OC)cc1CC2. The molecule has 0 radical (unpaired) electrons. The number of methoxy groups -OCH3 is 2. The first-order valence-electron chi connectivity index (χ1n) is 13.1. The minimum Gasteiger partial charge on any atom is -0.507 e. The molecular weight excluding hydrogens is 512 g/mol. The molecule has 3 heterocycles. The Labute approximate surface area is 232 Å². The maximum absolute atomic E-state index is 13.5.